The average molecular weight is 558 g/mol. The Hall–Kier alpha value is 0.730. The second-order valence-electron chi connectivity index (χ2n) is 3.38. The van der Waals surface area contributed by atoms with Crippen LogP contribution in [-0.4, -0.2) is 24.7 Å². The minimum absolute atomic E-state index is 0.0660. The Labute approximate surface area is 152 Å². The van der Waals surface area contributed by atoms with Crippen LogP contribution in [0.3, 0.4) is 0 Å². The van der Waals surface area contributed by atoms with Gasteiger partial charge in [0.1, 0.15) is 4.03 Å². The fourth-order valence-electron chi connectivity index (χ4n) is 1.09. The number of hydrogen-bond acceptors (Lipinski definition) is 3. The minimum Gasteiger partial charge on any atom is -0.390 e. The summed E-state index contributed by atoms with van der Waals surface area (Å²) in [6.07, 6.45) is 3.45. The van der Waals surface area contributed by atoms with E-state index in [-0.39, 0.29) is 10.6 Å². The predicted octanol–water partition coefficient (Wildman–Crippen LogP) is 4.63. The lowest BCUT2D eigenvalue weighted by atomic mass is 10.5. The van der Waals surface area contributed by atoms with Crippen molar-refractivity contribution in [1.82, 2.24) is 19.6 Å². The quantitative estimate of drug-likeness (QED) is 0.433. The van der Waals surface area contributed by atoms with Gasteiger partial charge in [-0.3, -0.25) is 9.36 Å². The molecule has 2 rings (SSSR count). The van der Waals surface area contributed by atoms with Crippen LogP contribution in [0.15, 0.2) is 24.5 Å². The number of halogens is 4. The second kappa shape index (κ2) is 12.3. The van der Waals surface area contributed by atoms with Crippen LogP contribution < -0.4 is 0 Å². The molecule has 0 unspecified atom stereocenters. The summed E-state index contributed by atoms with van der Waals surface area (Å²) >= 11 is 12.8. The van der Waals surface area contributed by atoms with E-state index in [4.69, 9.17) is 5.11 Å². The van der Waals surface area contributed by atoms with E-state index in [9.17, 15) is 0 Å². The number of aliphatic hydroxyl groups is 1. The van der Waals surface area contributed by atoms with Crippen LogP contribution in [0, 0.1) is 0 Å². The summed E-state index contributed by atoms with van der Waals surface area (Å²) in [4.78, 5) is 0. The summed E-state index contributed by atoms with van der Waals surface area (Å²) in [5.74, 6) is 0. The van der Waals surface area contributed by atoms with Gasteiger partial charge in [0, 0.05) is 37.5 Å². The molecule has 2 aromatic rings. The molecule has 0 aliphatic carbocycles. The predicted molar refractivity (Wildman–Crippen MR) is 98.7 cm³/mol. The third-order valence-corrected chi connectivity index (χ3v) is 2.72. The Morgan fingerprint density at radius 2 is 1.45 bits per heavy atom. The third kappa shape index (κ3) is 9.63. The molecule has 0 fully saturated rings. The number of aromatic nitrogens is 4. The zero-order valence-electron chi connectivity index (χ0n) is 10.9. The maximum Gasteiger partial charge on any atom is 0.103 e. The van der Waals surface area contributed by atoms with Crippen molar-refractivity contribution < 1.29 is 5.11 Å². The van der Waals surface area contributed by atoms with Crippen LogP contribution in [0.1, 0.15) is 11.4 Å². The first-order valence-corrected chi connectivity index (χ1v) is 13.8. The topological polar surface area (TPSA) is 55.9 Å². The highest BCUT2D eigenvalue weighted by atomic mass is 80.0. The van der Waals surface area contributed by atoms with Crippen molar-refractivity contribution in [3.8, 4) is 0 Å². The third-order valence-electron chi connectivity index (χ3n) is 2.14. The Morgan fingerprint density at radius 1 is 1.05 bits per heavy atom. The van der Waals surface area contributed by atoms with Gasteiger partial charge in [-0.2, -0.15) is 10.2 Å². The number of hydrogen-bond donors (Lipinski definition) is 1. The molecule has 0 radical (unpaired) electrons. The molecule has 0 amide bonds. The molecule has 0 saturated heterocycles. The van der Waals surface area contributed by atoms with Gasteiger partial charge >= 0.3 is 0 Å². The lowest BCUT2D eigenvalue weighted by molar-refractivity contribution is 0.270. The summed E-state index contributed by atoms with van der Waals surface area (Å²) < 4.78 is 3.30. The van der Waals surface area contributed by atoms with Crippen molar-refractivity contribution in [2.45, 2.75) is 11.9 Å². The zero-order valence-corrected chi connectivity index (χ0v) is 18.2. The Bertz CT molecular complexity index is 434. The number of aryl methyl sites for hydroxylation is 2. The molecule has 20 heavy (non-hydrogen) atoms. The summed E-state index contributed by atoms with van der Waals surface area (Å²) in [6, 6.07) is 3.76. The smallest absolute Gasteiger partial charge is 0.103 e. The molecule has 1 N–H and O–H groups in total. The van der Waals surface area contributed by atoms with Crippen LogP contribution in [0.4, 0.5) is 0 Å². The maximum absolute atomic E-state index is 8.55. The largest absolute Gasteiger partial charge is 0.390 e. The van der Waals surface area contributed by atoms with Gasteiger partial charge in [0.25, 0.3) is 0 Å². The molecule has 10 heteroatoms. The van der Waals surface area contributed by atoms with Crippen molar-refractivity contribution in [3.05, 3.63) is 35.9 Å². The summed E-state index contributed by atoms with van der Waals surface area (Å²) in [5.41, 5.74) is 2.04. The van der Waals surface area contributed by atoms with Crippen molar-refractivity contribution in [2.24, 2.45) is 14.1 Å². The van der Waals surface area contributed by atoms with Crippen LogP contribution in [0.5, 0.6) is 0 Å². The molecule has 2 aromatic heterocycles. The molecule has 0 aliphatic rings. The van der Waals surface area contributed by atoms with E-state index >= 15 is 0 Å². The first kappa shape index (κ1) is 20.7. The van der Waals surface area contributed by atoms with Crippen LogP contribution >= 0.6 is 66.4 Å². The van der Waals surface area contributed by atoms with E-state index in [0.717, 1.165) is 11.0 Å². The van der Waals surface area contributed by atoms with E-state index in [1.165, 1.54) is 5.69 Å². The summed E-state index contributed by atoms with van der Waals surface area (Å²) in [5, 5.41) is 17.2. The second-order valence-corrected chi connectivity index (χ2v) is 19.3. The molecule has 2 heterocycles. The summed E-state index contributed by atoms with van der Waals surface area (Å²) in [7, 11) is 3.72. The van der Waals surface area contributed by atoms with Crippen molar-refractivity contribution in [2.75, 3.05) is 0 Å². The van der Waals surface area contributed by atoms with Crippen molar-refractivity contribution in [3.63, 3.8) is 0 Å². The molecule has 0 aromatic carbocycles. The van der Waals surface area contributed by atoms with Crippen LogP contribution in [0.2, 0.25) is 0 Å². The highest BCUT2D eigenvalue weighted by Crippen LogP contribution is 2.59. The van der Waals surface area contributed by atoms with Gasteiger partial charge in [0.15, 0.2) is 0 Å². The van der Waals surface area contributed by atoms with Gasteiger partial charge in [0.2, 0.25) is 0 Å². The Balaban J connectivity index is 0.000000289. The van der Waals surface area contributed by atoms with E-state index in [1.807, 2.05) is 17.8 Å². The van der Waals surface area contributed by atoms with E-state index in [2.05, 4.69) is 72.6 Å². The van der Waals surface area contributed by atoms with Gasteiger partial charge in [-0.25, -0.2) is 0 Å². The molecule has 0 spiro atoms. The molecule has 0 bridgehead atoms. The Kier molecular flexibility index (Phi) is 12.7. The highest BCUT2D eigenvalue weighted by molar-refractivity contribution is 9.93. The number of rotatable bonds is 2. The molecule has 114 valence electrons. The van der Waals surface area contributed by atoms with Gasteiger partial charge in [0.05, 0.1) is 12.3 Å². The monoisotopic (exact) mass is 554 g/mol. The lowest BCUT2D eigenvalue weighted by Gasteiger charge is -1.92. The number of aliphatic hydroxyl groups excluding tert-OH is 1. The van der Waals surface area contributed by atoms with Gasteiger partial charge in [-0.1, -0.05) is 15.9 Å². The van der Waals surface area contributed by atoms with Gasteiger partial charge in [-0.15, -0.1) is 0 Å². The molecule has 0 saturated carbocycles. The van der Waals surface area contributed by atoms with E-state index in [0.29, 0.717) is 0 Å². The van der Waals surface area contributed by atoms with E-state index < -0.39 is 0 Å². The number of nitrogens with zero attached hydrogens (tertiary/aromatic N) is 4. The average Bonchev–Trinajstić information content (AvgIpc) is 2.97. The normalized spacial score (nSPS) is 9.60. The number of alkyl halides is 1. The molecule has 0 aliphatic heterocycles. The fraction of sp³-hybridized carbons (Fsp3) is 0.400. The fourth-order valence-corrected chi connectivity index (χ4v) is 1.64. The summed E-state index contributed by atoms with van der Waals surface area (Å²) in [6.45, 7) is 0.0660. The molecular formula is C10H15Br4N4OP. The SMILES string of the molecule is BrP(Br)Br.Cn1nccc1CBr.Cn1nccc1CO. The zero-order chi connectivity index (χ0) is 15.5. The minimum atomic E-state index is -0.183. The van der Waals surface area contributed by atoms with Crippen molar-refractivity contribution >= 4 is 66.4 Å². The lowest BCUT2D eigenvalue weighted by Crippen LogP contribution is -1.96. The van der Waals surface area contributed by atoms with Gasteiger partial charge < -0.3 is 5.11 Å². The highest BCUT2D eigenvalue weighted by Gasteiger charge is 1.92. The maximum atomic E-state index is 8.55. The molecule has 0 atom stereocenters. The molecular weight excluding hydrogens is 543 g/mol. The standard InChI is InChI=1S/C5H7BrN2.C5H8N2O.Br3P/c1-8-5(4-6)2-3-7-8;1-7-5(4-8)2-3-6-7;1-4(2)3/h2-3H,4H2,1H3;2-3,8H,4H2,1H3;. The first-order valence-electron chi connectivity index (χ1n) is 5.30. The molecule has 5 nitrogen and oxygen atoms in total. The van der Waals surface area contributed by atoms with Crippen molar-refractivity contribution in [1.29, 1.82) is 0 Å². The van der Waals surface area contributed by atoms with E-state index in [1.54, 1.807) is 30.2 Å². The van der Waals surface area contributed by atoms with Crippen LogP contribution in [-0.2, 0) is 26.0 Å². The van der Waals surface area contributed by atoms with Crippen LogP contribution in [0.25, 0.3) is 0 Å². The Morgan fingerprint density at radius 3 is 1.60 bits per heavy atom. The first-order chi connectivity index (χ1) is 9.42. The van der Waals surface area contributed by atoms with Gasteiger partial charge in [-0.05, 0) is 58.6 Å².